The van der Waals surface area contributed by atoms with Crippen LogP contribution in [-0.2, 0) is 11.3 Å². The Morgan fingerprint density at radius 3 is 2.62 bits per heavy atom. The van der Waals surface area contributed by atoms with Crippen molar-refractivity contribution in [3.05, 3.63) is 12.4 Å². The van der Waals surface area contributed by atoms with E-state index < -0.39 is 18.3 Å². The molecular formula is C5H6BF3N3O-. The van der Waals surface area contributed by atoms with Gasteiger partial charge in [-0.3, -0.25) is 9.48 Å². The Bertz CT molecular complexity index is 321. The Balaban J connectivity index is 2.81. The molecule has 0 aliphatic rings. The largest absolute Gasteiger partial charge is 0.512 e. The molecule has 1 amide bonds. The molecule has 1 rings (SSSR count). The van der Waals surface area contributed by atoms with Crippen LogP contribution in [0, 0.1) is 0 Å². The third kappa shape index (κ3) is 2.50. The highest BCUT2D eigenvalue weighted by atomic mass is 19.4. The summed E-state index contributed by atoms with van der Waals surface area (Å²) in [5.74, 6) is -0.732. The maximum absolute atomic E-state index is 12.0. The van der Waals surface area contributed by atoms with Crippen molar-refractivity contribution in [1.82, 2.24) is 9.78 Å². The first-order valence-corrected chi connectivity index (χ1v) is 3.40. The summed E-state index contributed by atoms with van der Waals surface area (Å²) >= 11 is 0. The van der Waals surface area contributed by atoms with Crippen LogP contribution in [0.15, 0.2) is 12.4 Å². The van der Waals surface area contributed by atoms with Gasteiger partial charge in [0.05, 0.1) is 0 Å². The number of rotatable bonds is 3. The van der Waals surface area contributed by atoms with Gasteiger partial charge in [0.25, 0.3) is 0 Å². The summed E-state index contributed by atoms with van der Waals surface area (Å²) in [6, 6.07) is 0. The van der Waals surface area contributed by atoms with Gasteiger partial charge in [0, 0.05) is 6.20 Å². The highest BCUT2D eigenvalue weighted by molar-refractivity contribution is 6.73. The molecule has 1 heterocycles. The molecule has 0 aliphatic carbocycles. The molecule has 13 heavy (non-hydrogen) atoms. The molecule has 0 aliphatic heterocycles. The molecule has 0 aromatic carbocycles. The predicted molar refractivity (Wildman–Crippen MR) is 40.1 cm³/mol. The molecule has 0 bridgehead atoms. The molecule has 2 N–H and O–H groups in total. The average Bonchev–Trinajstić information content (AvgIpc) is 2.32. The minimum absolute atomic E-state index is 0.341. The highest BCUT2D eigenvalue weighted by Crippen LogP contribution is 2.07. The number of hydrogen-bond acceptors (Lipinski definition) is 2. The van der Waals surface area contributed by atoms with E-state index in [9.17, 15) is 17.7 Å². The number of nitrogens with two attached hydrogens (primary N) is 1. The first-order valence-electron chi connectivity index (χ1n) is 3.40. The summed E-state index contributed by atoms with van der Waals surface area (Å²) in [7, 11) is 0. The standard InChI is InChI=1S/C5H6BF3N3O/c7-6(8,9)4-1-11-12(2-4)3-5(10)13/h1-2H,3H2,(H2,10,13)/q-1. The van der Waals surface area contributed by atoms with Crippen LogP contribution in [0.25, 0.3) is 0 Å². The van der Waals surface area contributed by atoms with E-state index >= 15 is 0 Å². The van der Waals surface area contributed by atoms with Gasteiger partial charge in [-0.05, 0) is 6.20 Å². The van der Waals surface area contributed by atoms with Gasteiger partial charge < -0.3 is 18.7 Å². The number of nitrogens with zero attached hydrogens (tertiary/aromatic N) is 2. The topological polar surface area (TPSA) is 60.9 Å². The van der Waals surface area contributed by atoms with E-state index in [1.54, 1.807) is 0 Å². The second-order valence-electron chi connectivity index (χ2n) is 2.51. The van der Waals surface area contributed by atoms with Crippen LogP contribution < -0.4 is 11.2 Å². The number of amides is 1. The van der Waals surface area contributed by atoms with Crippen LogP contribution in [0.2, 0.25) is 0 Å². The molecule has 8 heteroatoms. The summed E-state index contributed by atoms with van der Waals surface area (Å²) < 4.78 is 36.9. The van der Waals surface area contributed by atoms with Crippen LogP contribution in [0.1, 0.15) is 0 Å². The monoisotopic (exact) mass is 192 g/mol. The lowest BCUT2D eigenvalue weighted by Gasteiger charge is -2.09. The fourth-order valence-corrected chi connectivity index (χ4v) is 0.795. The van der Waals surface area contributed by atoms with Gasteiger partial charge in [-0.2, -0.15) is 5.10 Å². The maximum Gasteiger partial charge on any atom is 0.512 e. The quantitative estimate of drug-likeness (QED) is 0.651. The number of carbonyl (C=O) groups excluding carboxylic acids is 1. The van der Waals surface area contributed by atoms with Crippen molar-refractivity contribution >= 4 is 18.3 Å². The molecule has 1 aromatic heterocycles. The van der Waals surface area contributed by atoms with Crippen molar-refractivity contribution < 1.29 is 17.7 Å². The molecule has 1 aromatic rings. The van der Waals surface area contributed by atoms with E-state index in [1.807, 2.05) is 0 Å². The Morgan fingerprint density at radius 1 is 1.62 bits per heavy atom. The molecule has 0 spiro atoms. The van der Waals surface area contributed by atoms with Crippen LogP contribution in [0.3, 0.4) is 0 Å². The Kier molecular flexibility index (Phi) is 2.31. The van der Waals surface area contributed by atoms with E-state index in [2.05, 4.69) is 5.10 Å². The second kappa shape index (κ2) is 3.12. The number of aromatic nitrogens is 2. The van der Waals surface area contributed by atoms with Gasteiger partial charge in [0.15, 0.2) is 0 Å². The Morgan fingerprint density at radius 2 is 2.23 bits per heavy atom. The summed E-state index contributed by atoms with van der Waals surface area (Å²) in [6.07, 6.45) is 1.42. The zero-order chi connectivity index (χ0) is 10.1. The molecular weight excluding hydrogens is 186 g/mol. The molecule has 0 fully saturated rings. The number of carbonyl (C=O) groups is 1. The van der Waals surface area contributed by atoms with Gasteiger partial charge in [0.1, 0.15) is 6.54 Å². The lowest BCUT2D eigenvalue weighted by molar-refractivity contribution is -0.118. The van der Waals surface area contributed by atoms with Crippen molar-refractivity contribution in [2.45, 2.75) is 6.54 Å². The first kappa shape index (κ1) is 9.62. The highest BCUT2D eigenvalue weighted by Gasteiger charge is 2.27. The van der Waals surface area contributed by atoms with Crippen LogP contribution in [0.5, 0.6) is 0 Å². The summed E-state index contributed by atoms with van der Waals surface area (Å²) in [5.41, 5.74) is 3.93. The molecule has 0 saturated heterocycles. The zero-order valence-corrected chi connectivity index (χ0v) is 6.45. The minimum atomic E-state index is -5.05. The predicted octanol–water partition coefficient (Wildman–Crippen LogP) is -0.577. The van der Waals surface area contributed by atoms with E-state index in [1.165, 1.54) is 0 Å². The SMILES string of the molecule is NC(=O)Cn1cc([B-](F)(F)F)cn1. The van der Waals surface area contributed by atoms with Crippen molar-refractivity contribution in [1.29, 1.82) is 0 Å². The van der Waals surface area contributed by atoms with Crippen molar-refractivity contribution in [3.63, 3.8) is 0 Å². The fraction of sp³-hybridized carbons (Fsp3) is 0.200. The summed E-state index contributed by atoms with van der Waals surface area (Å²) in [5, 5.41) is 3.33. The van der Waals surface area contributed by atoms with Crippen LogP contribution in [-0.4, -0.2) is 22.7 Å². The van der Waals surface area contributed by atoms with Gasteiger partial charge >= 0.3 is 6.98 Å². The zero-order valence-electron chi connectivity index (χ0n) is 6.45. The summed E-state index contributed by atoms with van der Waals surface area (Å²) in [4.78, 5) is 10.3. The van der Waals surface area contributed by atoms with Gasteiger partial charge in [-0.15, -0.1) is 0 Å². The third-order valence-corrected chi connectivity index (χ3v) is 1.35. The number of hydrogen-bond donors (Lipinski definition) is 1. The van der Waals surface area contributed by atoms with Crippen LogP contribution in [0.4, 0.5) is 12.9 Å². The average molecular weight is 192 g/mol. The maximum atomic E-state index is 12.0. The van der Waals surface area contributed by atoms with Crippen molar-refractivity contribution in [2.75, 3.05) is 0 Å². The first-order chi connectivity index (χ1) is 5.89. The number of halogens is 3. The van der Waals surface area contributed by atoms with Crippen molar-refractivity contribution in [2.24, 2.45) is 5.73 Å². The number of primary amides is 1. The Hall–Kier alpha value is -1.47. The lowest BCUT2D eigenvalue weighted by atomic mass is 9.83. The fourth-order valence-electron chi connectivity index (χ4n) is 0.795. The van der Waals surface area contributed by atoms with E-state index in [0.717, 1.165) is 10.9 Å². The molecule has 0 radical (unpaired) electrons. The Labute approximate surface area is 71.6 Å². The van der Waals surface area contributed by atoms with E-state index in [0.29, 0.717) is 6.20 Å². The molecule has 0 atom stereocenters. The molecule has 4 nitrogen and oxygen atoms in total. The smallest absolute Gasteiger partial charge is 0.445 e. The van der Waals surface area contributed by atoms with Gasteiger partial charge in [0.2, 0.25) is 5.91 Å². The molecule has 0 saturated carbocycles. The van der Waals surface area contributed by atoms with Crippen LogP contribution >= 0.6 is 0 Å². The summed E-state index contributed by atoms with van der Waals surface area (Å²) in [6.45, 7) is -5.39. The molecule has 72 valence electrons. The normalized spacial score (nSPS) is 11.6. The van der Waals surface area contributed by atoms with E-state index in [-0.39, 0.29) is 6.54 Å². The third-order valence-electron chi connectivity index (χ3n) is 1.35. The molecule has 0 unspecified atom stereocenters. The van der Waals surface area contributed by atoms with Gasteiger partial charge in [-0.1, -0.05) is 5.46 Å². The second-order valence-corrected chi connectivity index (χ2v) is 2.51. The lowest BCUT2D eigenvalue weighted by Crippen LogP contribution is -2.33. The minimum Gasteiger partial charge on any atom is -0.445 e. The van der Waals surface area contributed by atoms with Gasteiger partial charge in [-0.25, -0.2) is 0 Å². The van der Waals surface area contributed by atoms with E-state index in [4.69, 9.17) is 5.73 Å². The van der Waals surface area contributed by atoms with Crippen molar-refractivity contribution in [3.8, 4) is 0 Å².